The molecule has 4 rings (SSSR count). The number of aromatic nitrogens is 2. The molecule has 0 bridgehead atoms. The molecule has 1 aromatic carbocycles. The molecule has 1 aliphatic carbocycles. The zero-order valence-corrected chi connectivity index (χ0v) is 17.2. The number of rotatable bonds is 5. The van der Waals surface area contributed by atoms with Gasteiger partial charge in [0, 0.05) is 23.0 Å². The van der Waals surface area contributed by atoms with Crippen LogP contribution in [-0.2, 0) is 22.9 Å². The van der Waals surface area contributed by atoms with Crippen molar-refractivity contribution in [1.29, 1.82) is 0 Å². The van der Waals surface area contributed by atoms with E-state index in [0.717, 1.165) is 12.8 Å². The van der Waals surface area contributed by atoms with E-state index in [-0.39, 0.29) is 16.8 Å². The van der Waals surface area contributed by atoms with E-state index in [2.05, 4.69) is 20.0 Å². The van der Waals surface area contributed by atoms with Crippen LogP contribution in [0.2, 0.25) is 0 Å². The lowest BCUT2D eigenvalue weighted by atomic mass is 10.1. The molecule has 29 heavy (non-hydrogen) atoms. The Kier molecular flexibility index (Phi) is 5.59. The number of hydrogen-bond donors (Lipinski definition) is 2. The van der Waals surface area contributed by atoms with Crippen molar-refractivity contribution in [1.82, 2.24) is 9.97 Å². The summed E-state index contributed by atoms with van der Waals surface area (Å²) in [6, 6.07) is 9.59. The number of aryl methyl sites for hydroxylation is 2. The van der Waals surface area contributed by atoms with E-state index in [1.807, 2.05) is 6.07 Å². The highest BCUT2D eigenvalue weighted by Crippen LogP contribution is 2.29. The van der Waals surface area contributed by atoms with Crippen LogP contribution in [0, 0.1) is 0 Å². The molecule has 2 aromatic heterocycles. The van der Waals surface area contributed by atoms with Crippen molar-refractivity contribution >= 4 is 38.9 Å². The Balaban J connectivity index is 1.45. The van der Waals surface area contributed by atoms with Gasteiger partial charge < -0.3 is 5.32 Å². The first-order valence-corrected chi connectivity index (χ1v) is 11.6. The largest absolute Gasteiger partial charge is 0.321 e. The van der Waals surface area contributed by atoms with Gasteiger partial charge in [-0.2, -0.15) is 0 Å². The summed E-state index contributed by atoms with van der Waals surface area (Å²) in [7, 11) is -3.80. The van der Waals surface area contributed by atoms with Crippen LogP contribution in [0.4, 0.5) is 11.6 Å². The highest BCUT2D eigenvalue weighted by Gasteiger charge is 2.18. The van der Waals surface area contributed by atoms with Gasteiger partial charge in [0.25, 0.3) is 15.9 Å². The molecule has 0 radical (unpaired) electrons. The first-order valence-electron chi connectivity index (χ1n) is 9.34. The Labute approximate surface area is 173 Å². The molecule has 3 aromatic rings. The molecule has 0 fully saturated rings. The van der Waals surface area contributed by atoms with Crippen molar-refractivity contribution < 1.29 is 13.2 Å². The van der Waals surface area contributed by atoms with Crippen molar-refractivity contribution in [3.8, 4) is 0 Å². The highest BCUT2D eigenvalue weighted by atomic mass is 32.2. The predicted molar refractivity (Wildman–Crippen MR) is 113 cm³/mol. The fourth-order valence-corrected chi connectivity index (χ4v) is 5.33. The number of sulfonamides is 1. The maximum atomic E-state index is 12.6. The summed E-state index contributed by atoms with van der Waals surface area (Å²) in [5.74, 6) is -0.170. The summed E-state index contributed by atoms with van der Waals surface area (Å²) in [5.41, 5.74) is 1.82. The number of fused-ring (bicyclic) bond motifs is 1. The molecule has 0 unspecified atom stereocenters. The molecule has 7 nitrogen and oxygen atoms in total. The number of carbonyl (C=O) groups excluding carboxylic acids is 1. The maximum absolute atomic E-state index is 12.6. The molecule has 0 aliphatic heterocycles. The third kappa shape index (κ3) is 4.63. The summed E-state index contributed by atoms with van der Waals surface area (Å²) >= 11 is 1.55. The zero-order chi connectivity index (χ0) is 20.3. The minimum Gasteiger partial charge on any atom is -0.321 e. The molecule has 0 spiro atoms. The number of benzene rings is 1. The average molecular weight is 429 g/mol. The van der Waals surface area contributed by atoms with E-state index >= 15 is 0 Å². The number of carbonyl (C=O) groups is 1. The quantitative estimate of drug-likeness (QED) is 0.601. The van der Waals surface area contributed by atoms with Crippen LogP contribution < -0.4 is 10.0 Å². The molecule has 1 aliphatic rings. The van der Waals surface area contributed by atoms with Crippen LogP contribution in [0.25, 0.3) is 0 Å². The number of nitrogens with zero attached hydrogens (tertiary/aromatic N) is 2. The predicted octanol–water partition coefficient (Wildman–Crippen LogP) is 3.86. The van der Waals surface area contributed by atoms with Crippen LogP contribution in [0.5, 0.6) is 0 Å². The number of hydrogen-bond acceptors (Lipinski definition) is 6. The van der Waals surface area contributed by atoms with Crippen LogP contribution in [0.1, 0.15) is 39.4 Å². The summed E-state index contributed by atoms with van der Waals surface area (Å²) < 4.78 is 27.2. The van der Waals surface area contributed by atoms with Crippen LogP contribution in [0.15, 0.2) is 53.7 Å². The summed E-state index contributed by atoms with van der Waals surface area (Å²) in [6.45, 7) is 0. The fraction of sp³-hybridized carbons (Fsp3) is 0.250. The van der Waals surface area contributed by atoms with E-state index in [4.69, 9.17) is 0 Å². The molecule has 0 saturated heterocycles. The Morgan fingerprint density at radius 3 is 2.48 bits per heavy atom. The zero-order valence-electron chi connectivity index (χ0n) is 15.6. The summed E-state index contributed by atoms with van der Waals surface area (Å²) in [5, 5.41) is 2.84. The minimum atomic E-state index is -3.80. The summed E-state index contributed by atoms with van der Waals surface area (Å²) in [6.07, 6.45) is 8.56. The minimum absolute atomic E-state index is 0.00217. The van der Waals surface area contributed by atoms with E-state index in [1.54, 1.807) is 29.5 Å². The van der Waals surface area contributed by atoms with E-state index in [1.165, 1.54) is 54.2 Å². The first-order chi connectivity index (χ1) is 14.0. The van der Waals surface area contributed by atoms with Crippen molar-refractivity contribution in [2.45, 2.75) is 37.0 Å². The van der Waals surface area contributed by atoms with Crippen molar-refractivity contribution in [3.05, 3.63) is 64.1 Å². The van der Waals surface area contributed by atoms with Crippen molar-refractivity contribution in [3.63, 3.8) is 0 Å². The Bertz CT molecular complexity index is 1090. The van der Waals surface area contributed by atoms with Gasteiger partial charge in [0.1, 0.15) is 0 Å². The lowest BCUT2D eigenvalue weighted by molar-refractivity contribution is 0.103. The molecule has 0 saturated carbocycles. The third-order valence-electron chi connectivity index (χ3n) is 4.68. The van der Waals surface area contributed by atoms with E-state index in [9.17, 15) is 13.2 Å². The van der Waals surface area contributed by atoms with Crippen LogP contribution in [0.3, 0.4) is 0 Å². The van der Waals surface area contributed by atoms with Gasteiger partial charge in [0.2, 0.25) is 5.95 Å². The normalized spacial score (nSPS) is 13.9. The molecular formula is C20H20N4O3S2. The van der Waals surface area contributed by atoms with Crippen molar-refractivity contribution in [2.75, 3.05) is 10.0 Å². The van der Waals surface area contributed by atoms with Crippen LogP contribution >= 0.6 is 11.3 Å². The topological polar surface area (TPSA) is 101 Å². The Hall–Kier alpha value is -2.78. The molecule has 2 heterocycles. The highest BCUT2D eigenvalue weighted by molar-refractivity contribution is 7.92. The third-order valence-corrected chi connectivity index (χ3v) is 7.26. The standard InChI is InChI=1S/C20H20N4O3S2/c25-19(18-13-14-5-2-1-3-6-17(14)28-18)23-15-7-9-16(10-8-15)29(26,27)24-20-21-11-4-12-22-20/h4,7-13H,1-3,5-6H2,(H,23,25)(H,21,22,24). The lowest BCUT2D eigenvalue weighted by Gasteiger charge is -2.08. The molecule has 1 amide bonds. The smallest absolute Gasteiger partial charge is 0.265 e. The number of nitrogens with one attached hydrogen (secondary N) is 2. The second kappa shape index (κ2) is 8.30. The van der Waals surface area contributed by atoms with Gasteiger partial charge in [-0.05, 0) is 67.6 Å². The van der Waals surface area contributed by atoms with Gasteiger partial charge in [-0.1, -0.05) is 6.42 Å². The van der Waals surface area contributed by atoms with Gasteiger partial charge in [-0.3, -0.25) is 4.79 Å². The van der Waals surface area contributed by atoms with E-state index in [0.29, 0.717) is 10.6 Å². The Morgan fingerprint density at radius 2 is 1.72 bits per heavy atom. The maximum Gasteiger partial charge on any atom is 0.265 e. The Morgan fingerprint density at radius 1 is 1.00 bits per heavy atom. The van der Waals surface area contributed by atoms with Gasteiger partial charge in [0.15, 0.2) is 0 Å². The van der Waals surface area contributed by atoms with Gasteiger partial charge in [-0.15, -0.1) is 11.3 Å². The summed E-state index contributed by atoms with van der Waals surface area (Å²) in [4.78, 5) is 22.4. The SMILES string of the molecule is O=C(Nc1ccc(S(=O)(=O)Nc2ncccn2)cc1)c1cc2c(s1)CCCCC2. The van der Waals surface area contributed by atoms with E-state index < -0.39 is 10.0 Å². The second-order valence-electron chi connectivity index (χ2n) is 6.78. The molecular weight excluding hydrogens is 408 g/mol. The van der Waals surface area contributed by atoms with Gasteiger partial charge in [0.05, 0.1) is 9.77 Å². The lowest BCUT2D eigenvalue weighted by Crippen LogP contribution is -2.15. The first kappa shape index (κ1) is 19.5. The number of anilines is 2. The van der Waals surface area contributed by atoms with Crippen molar-refractivity contribution in [2.24, 2.45) is 0 Å². The van der Waals surface area contributed by atoms with Gasteiger partial charge in [-0.25, -0.2) is 23.1 Å². The fourth-order valence-electron chi connectivity index (χ4n) is 3.22. The molecule has 0 atom stereocenters. The monoisotopic (exact) mass is 428 g/mol. The molecule has 2 N–H and O–H groups in total. The van der Waals surface area contributed by atoms with Gasteiger partial charge >= 0.3 is 0 Å². The number of thiophene rings is 1. The van der Waals surface area contributed by atoms with Crippen LogP contribution in [-0.4, -0.2) is 24.3 Å². The molecule has 9 heteroatoms. The average Bonchev–Trinajstić information content (AvgIpc) is 3.00. The second-order valence-corrected chi connectivity index (χ2v) is 9.60. The number of amides is 1. The molecule has 150 valence electrons.